The molecule has 0 aliphatic rings. The molecule has 1 aromatic carbocycles. The van der Waals surface area contributed by atoms with Gasteiger partial charge < -0.3 is 19.4 Å². The molecule has 1 aromatic heterocycles. The Morgan fingerprint density at radius 1 is 0.967 bits per heavy atom. The molecule has 1 amide bonds. The smallest absolute Gasteiger partial charge is 0.354 e. The summed E-state index contributed by atoms with van der Waals surface area (Å²) in [6.45, 7) is 13.3. The van der Waals surface area contributed by atoms with Crippen molar-refractivity contribution in [3.8, 4) is 0 Å². The number of amides is 1. The Morgan fingerprint density at radius 2 is 1.60 bits per heavy atom. The van der Waals surface area contributed by atoms with E-state index in [4.69, 9.17) is 9.47 Å². The quantitative estimate of drug-likeness (QED) is 0.697. The molecule has 1 N–H and O–H groups in total. The highest BCUT2D eigenvalue weighted by Gasteiger charge is 2.32. The highest BCUT2D eigenvalue weighted by Crippen LogP contribution is 2.30. The summed E-state index contributed by atoms with van der Waals surface area (Å²) >= 11 is 0. The van der Waals surface area contributed by atoms with Crippen LogP contribution >= 0.6 is 0 Å². The Morgan fingerprint density at radius 3 is 2.17 bits per heavy atom. The summed E-state index contributed by atoms with van der Waals surface area (Å²) in [4.78, 5) is 37.5. The number of carbonyl (C=O) groups is 3. The highest BCUT2D eigenvalue weighted by molar-refractivity contribution is 5.97. The van der Waals surface area contributed by atoms with Gasteiger partial charge >= 0.3 is 11.9 Å². The lowest BCUT2D eigenvalue weighted by atomic mass is 9.84. The minimum absolute atomic E-state index is 0.0183. The monoisotopic (exact) mass is 416 g/mol. The Balaban J connectivity index is 2.53. The molecule has 0 saturated carbocycles. The van der Waals surface area contributed by atoms with Gasteiger partial charge in [0.25, 0.3) is 0 Å². The summed E-state index contributed by atoms with van der Waals surface area (Å²) in [6, 6.07) is 7.20. The van der Waals surface area contributed by atoms with Gasteiger partial charge in [-0.25, -0.2) is 4.79 Å². The molecule has 0 bridgehead atoms. The van der Waals surface area contributed by atoms with Crippen molar-refractivity contribution in [3.63, 3.8) is 0 Å². The second-order valence-electron chi connectivity index (χ2n) is 8.75. The largest absolute Gasteiger partial charge is 0.465 e. The molecule has 0 aliphatic carbocycles. The maximum absolute atomic E-state index is 12.5. The third-order valence-electron chi connectivity index (χ3n) is 4.71. The van der Waals surface area contributed by atoms with E-state index in [0.29, 0.717) is 17.8 Å². The van der Waals surface area contributed by atoms with E-state index in [1.165, 1.54) is 0 Å². The molecule has 0 aliphatic heterocycles. The zero-order valence-corrected chi connectivity index (χ0v) is 18.9. The van der Waals surface area contributed by atoms with E-state index in [1.54, 1.807) is 38.3 Å². The van der Waals surface area contributed by atoms with Gasteiger partial charge in [-0.2, -0.15) is 0 Å². The van der Waals surface area contributed by atoms with Crippen LogP contribution in [0.4, 0.5) is 0 Å². The fourth-order valence-electron chi connectivity index (χ4n) is 3.23. The predicted octanol–water partition coefficient (Wildman–Crippen LogP) is 3.57. The molecule has 2 rings (SSSR count). The Bertz CT molecular complexity index is 950. The van der Waals surface area contributed by atoms with Crippen molar-refractivity contribution in [1.82, 2.24) is 9.88 Å². The van der Waals surface area contributed by atoms with E-state index in [1.807, 2.05) is 39.0 Å². The molecule has 2 aromatic rings. The van der Waals surface area contributed by atoms with Crippen molar-refractivity contribution < 1.29 is 23.9 Å². The van der Waals surface area contributed by atoms with Crippen LogP contribution in [0, 0.1) is 0 Å². The molecular weight excluding hydrogens is 384 g/mol. The number of nitrogens with one attached hydrogen (secondary N) is 1. The third-order valence-corrected chi connectivity index (χ3v) is 4.71. The molecule has 1 heterocycles. The molecule has 7 nitrogen and oxygen atoms in total. The Kier molecular flexibility index (Phi) is 6.95. The van der Waals surface area contributed by atoms with Crippen LogP contribution in [0.5, 0.6) is 0 Å². The lowest BCUT2D eigenvalue weighted by molar-refractivity contribution is -0.148. The summed E-state index contributed by atoms with van der Waals surface area (Å²) in [7, 11) is 0. The number of hydrogen-bond acceptors (Lipinski definition) is 5. The topological polar surface area (TPSA) is 86.6 Å². The summed E-state index contributed by atoms with van der Waals surface area (Å²) < 4.78 is 12.0. The molecule has 7 heteroatoms. The summed E-state index contributed by atoms with van der Waals surface area (Å²) in [5.41, 5.74) is 0.536. The van der Waals surface area contributed by atoms with Gasteiger partial charge in [0.1, 0.15) is 12.2 Å². The standard InChI is InChI=1S/C23H32N2O5/c1-8-29-20(27)18-13-15-12-16(23(6,7)21(28)30-9-2)10-11-17(15)25(18)14-19(26)24-22(3,4)5/h10-13H,8-9,14H2,1-7H3,(H,24,26). The minimum Gasteiger partial charge on any atom is -0.465 e. The molecule has 0 unspecified atom stereocenters. The van der Waals surface area contributed by atoms with Gasteiger partial charge in [-0.05, 0) is 72.2 Å². The van der Waals surface area contributed by atoms with Crippen LogP contribution in [0.3, 0.4) is 0 Å². The molecule has 164 valence electrons. The van der Waals surface area contributed by atoms with Crippen LogP contribution in [0.2, 0.25) is 0 Å². The zero-order valence-electron chi connectivity index (χ0n) is 18.9. The molecule has 0 fully saturated rings. The van der Waals surface area contributed by atoms with Crippen molar-refractivity contribution >= 4 is 28.7 Å². The number of carbonyl (C=O) groups excluding carboxylic acids is 3. The van der Waals surface area contributed by atoms with Gasteiger partial charge in [0, 0.05) is 16.4 Å². The van der Waals surface area contributed by atoms with Gasteiger partial charge in [-0.3, -0.25) is 9.59 Å². The van der Waals surface area contributed by atoms with Gasteiger partial charge in [0.15, 0.2) is 0 Å². The van der Waals surface area contributed by atoms with Crippen molar-refractivity contribution in [1.29, 1.82) is 0 Å². The normalized spacial score (nSPS) is 12.0. The second kappa shape index (κ2) is 8.90. The predicted molar refractivity (Wildman–Crippen MR) is 115 cm³/mol. The molecular formula is C23H32N2O5. The SMILES string of the molecule is CCOC(=O)c1cc2cc(C(C)(C)C(=O)OCC)ccc2n1CC(=O)NC(C)(C)C. The molecule has 30 heavy (non-hydrogen) atoms. The van der Waals surface area contributed by atoms with Crippen molar-refractivity contribution in [2.75, 3.05) is 13.2 Å². The molecule has 0 spiro atoms. The lowest BCUT2D eigenvalue weighted by Gasteiger charge is -2.23. The van der Waals surface area contributed by atoms with E-state index in [2.05, 4.69) is 5.32 Å². The third kappa shape index (κ3) is 5.20. The first kappa shape index (κ1) is 23.4. The number of esters is 2. The fourth-order valence-corrected chi connectivity index (χ4v) is 3.23. The molecule has 0 saturated heterocycles. The van der Waals surface area contributed by atoms with Gasteiger partial charge in [-0.1, -0.05) is 6.07 Å². The number of aromatic nitrogens is 1. The molecule has 0 atom stereocenters. The number of ether oxygens (including phenoxy) is 2. The van der Waals surface area contributed by atoms with Crippen LogP contribution in [0.1, 0.15) is 64.5 Å². The summed E-state index contributed by atoms with van der Waals surface area (Å²) in [6.07, 6.45) is 0. The first-order valence-corrected chi connectivity index (χ1v) is 10.2. The van der Waals surface area contributed by atoms with Crippen molar-refractivity contribution in [2.24, 2.45) is 0 Å². The number of fused-ring (bicyclic) bond motifs is 1. The Hall–Kier alpha value is -2.83. The zero-order chi connectivity index (χ0) is 22.7. The van der Waals surface area contributed by atoms with Crippen LogP contribution in [-0.2, 0) is 31.0 Å². The van der Waals surface area contributed by atoms with E-state index in [9.17, 15) is 14.4 Å². The average Bonchev–Trinajstić information content (AvgIpc) is 2.98. The van der Waals surface area contributed by atoms with Crippen LogP contribution in [0.25, 0.3) is 10.9 Å². The summed E-state index contributed by atoms with van der Waals surface area (Å²) in [5, 5.41) is 3.66. The van der Waals surface area contributed by atoms with E-state index in [0.717, 1.165) is 10.9 Å². The summed E-state index contributed by atoms with van der Waals surface area (Å²) in [5.74, 6) is -1.02. The maximum atomic E-state index is 12.5. The first-order chi connectivity index (χ1) is 13.9. The Labute approximate surface area is 177 Å². The minimum atomic E-state index is -0.847. The van der Waals surface area contributed by atoms with Gasteiger partial charge in [-0.15, -0.1) is 0 Å². The van der Waals surface area contributed by atoms with Crippen molar-refractivity contribution in [2.45, 2.75) is 66.0 Å². The highest BCUT2D eigenvalue weighted by atomic mass is 16.5. The van der Waals surface area contributed by atoms with E-state index < -0.39 is 11.4 Å². The van der Waals surface area contributed by atoms with Crippen LogP contribution in [-0.4, -0.2) is 41.2 Å². The number of rotatable bonds is 7. The fraction of sp³-hybridized carbons (Fsp3) is 0.522. The number of hydrogen-bond donors (Lipinski definition) is 1. The lowest BCUT2D eigenvalue weighted by Crippen LogP contribution is -2.42. The van der Waals surface area contributed by atoms with E-state index in [-0.39, 0.29) is 30.6 Å². The molecule has 0 radical (unpaired) electrons. The maximum Gasteiger partial charge on any atom is 0.354 e. The van der Waals surface area contributed by atoms with Crippen molar-refractivity contribution in [3.05, 3.63) is 35.5 Å². The van der Waals surface area contributed by atoms with Gasteiger partial charge in [0.2, 0.25) is 5.91 Å². The van der Waals surface area contributed by atoms with Gasteiger partial charge in [0.05, 0.1) is 18.6 Å². The van der Waals surface area contributed by atoms with Crippen LogP contribution < -0.4 is 5.32 Å². The van der Waals surface area contributed by atoms with E-state index >= 15 is 0 Å². The number of benzene rings is 1. The average molecular weight is 417 g/mol. The number of nitrogens with zero attached hydrogens (tertiary/aromatic N) is 1. The van der Waals surface area contributed by atoms with Crippen LogP contribution in [0.15, 0.2) is 24.3 Å². The second-order valence-corrected chi connectivity index (χ2v) is 8.75. The first-order valence-electron chi connectivity index (χ1n) is 10.2.